The molecule has 0 aliphatic carbocycles. The molecule has 6 nitrogen and oxygen atoms in total. The van der Waals surface area contributed by atoms with Gasteiger partial charge in [0, 0.05) is 34.2 Å². The largest absolute Gasteiger partial charge is 0.466 e. The van der Waals surface area contributed by atoms with Crippen LogP contribution in [0.1, 0.15) is 32.8 Å². The van der Waals surface area contributed by atoms with Crippen LogP contribution in [0.4, 0.5) is 4.79 Å². The van der Waals surface area contributed by atoms with Gasteiger partial charge in [0.15, 0.2) is 0 Å². The predicted molar refractivity (Wildman–Crippen MR) is 116 cm³/mol. The van der Waals surface area contributed by atoms with Gasteiger partial charge < -0.3 is 9.47 Å². The van der Waals surface area contributed by atoms with Gasteiger partial charge in [0.1, 0.15) is 5.60 Å². The fourth-order valence-electron chi connectivity index (χ4n) is 3.63. The Morgan fingerprint density at radius 2 is 2.00 bits per heavy atom. The van der Waals surface area contributed by atoms with Crippen molar-refractivity contribution in [3.05, 3.63) is 46.1 Å². The van der Waals surface area contributed by atoms with Crippen LogP contribution < -0.4 is 0 Å². The van der Waals surface area contributed by atoms with Crippen molar-refractivity contribution in [1.82, 2.24) is 9.47 Å². The van der Waals surface area contributed by atoms with Crippen molar-refractivity contribution in [1.29, 1.82) is 0 Å². The third kappa shape index (κ3) is 4.73. The van der Waals surface area contributed by atoms with Gasteiger partial charge in [-0.25, -0.2) is 9.59 Å². The van der Waals surface area contributed by atoms with Crippen molar-refractivity contribution in [3.8, 4) is 0 Å². The Balaban J connectivity index is 1.93. The summed E-state index contributed by atoms with van der Waals surface area (Å²) in [6, 6.07) is 6.03. The molecule has 0 spiro atoms. The number of fused-ring (bicyclic) bond motifs is 1. The van der Waals surface area contributed by atoms with Crippen molar-refractivity contribution in [2.24, 2.45) is 0 Å². The van der Waals surface area contributed by atoms with Gasteiger partial charge in [0.25, 0.3) is 0 Å². The van der Waals surface area contributed by atoms with Crippen LogP contribution in [-0.4, -0.2) is 53.9 Å². The molecule has 0 saturated heterocycles. The van der Waals surface area contributed by atoms with E-state index in [4.69, 9.17) is 9.47 Å². The lowest BCUT2D eigenvalue weighted by atomic mass is 9.96. The topological polar surface area (TPSA) is 60.8 Å². The van der Waals surface area contributed by atoms with Crippen LogP contribution in [0, 0.1) is 0 Å². The van der Waals surface area contributed by atoms with Gasteiger partial charge in [-0.1, -0.05) is 28.1 Å². The van der Waals surface area contributed by atoms with E-state index >= 15 is 0 Å². The lowest BCUT2D eigenvalue weighted by molar-refractivity contribution is -0.136. The summed E-state index contributed by atoms with van der Waals surface area (Å²) in [5.41, 5.74) is 1.99. The Morgan fingerprint density at radius 1 is 1.28 bits per heavy atom. The molecule has 3 rings (SSSR count). The zero-order valence-corrected chi connectivity index (χ0v) is 19.1. The molecule has 1 aliphatic rings. The minimum absolute atomic E-state index is 0.216. The maximum absolute atomic E-state index is 12.8. The van der Waals surface area contributed by atoms with Crippen LogP contribution in [-0.2, 0) is 20.7 Å². The van der Waals surface area contributed by atoms with E-state index in [9.17, 15) is 9.59 Å². The zero-order chi connectivity index (χ0) is 21.3. The second-order valence-corrected chi connectivity index (χ2v) is 9.22. The molecule has 0 saturated carbocycles. The van der Waals surface area contributed by atoms with E-state index < -0.39 is 11.7 Å². The Hall–Kier alpha value is -2.12. The number of halogens is 1. The molecular weight excluding hydrogens is 436 g/mol. The third-order valence-corrected chi connectivity index (χ3v) is 5.69. The summed E-state index contributed by atoms with van der Waals surface area (Å²) in [6.45, 7) is 6.12. The number of hydrogen-bond donors (Lipinski definition) is 0. The maximum Gasteiger partial charge on any atom is 0.419 e. The van der Waals surface area contributed by atoms with Gasteiger partial charge in [-0.05, 0) is 58.4 Å². The second-order valence-electron chi connectivity index (χ2n) is 8.37. The van der Waals surface area contributed by atoms with Crippen molar-refractivity contribution in [2.75, 3.05) is 20.7 Å². The predicted octanol–water partition coefficient (Wildman–Crippen LogP) is 4.53. The lowest BCUT2D eigenvalue weighted by Gasteiger charge is -2.31. The van der Waals surface area contributed by atoms with Gasteiger partial charge in [0.05, 0.1) is 12.6 Å². The van der Waals surface area contributed by atoms with E-state index in [0.29, 0.717) is 12.1 Å². The minimum atomic E-state index is -0.571. The Labute approximate surface area is 179 Å². The molecule has 29 heavy (non-hydrogen) atoms. The molecule has 0 radical (unpaired) electrons. The van der Waals surface area contributed by atoms with Crippen molar-refractivity contribution >= 4 is 38.9 Å². The van der Waals surface area contributed by atoms with Crippen LogP contribution in [0.5, 0.6) is 0 Å². The van der Waals surface area contributed by atoms with E-state index in [1.165, 1.54) is 7.11 Å². The molecule has 0 bridgehead atoms. The number of benzene rings is 1. The fourth-order valence-corrected chi connectivity index (χ4v) is 4.24. The maximum atomic E-state index is 12.8. The molecule has 2 aromatic rings. The Kier molecular flexibility index (Phi) is 6.19. The summed E-state index contributed by atoms with van der Waals surface area (Å²) in [5.74, 6) is -0.278. The monoisotopic (exact) mass is 462 g/mol. The van der Waals surface area contributed by atoms with Crippen LogP contribution in [0.15, 0.2) is 40.5 Å². The number of esters is 1. The quantitative estimate of drug-likeness (QED) is 0.626. The number of methoxy groups -OCH3 is 1. The average Bonchev–Trinajstić information content (AvgIpc) is 3.01. The van der Waals surface area contributed by atoms with Crippen LogP contribution in [0.2, 0.25) is 0 Å². The Morgan fingerprint density at radius 3 is 2.62 bits per heavy atom. The highest BCUT2D eigenvalue weighted by molar-refractivity contribution is 9.10. The molecule has 1 aromatic carbocycles. The van der Waals surface area contributed by atoms with E-state index in [1.807, 2.05) is 58.3 Å². The first-order valence-corrected chi connectivity index (χ1v) is 10.4. The fraction of sp³-hybridized carbons (Fsp3) is 0.455. The third-order valence-electron chi connectivity index (χ3n) is 5.03. The molecule has 1 atom stereocenters. The Bertz CT molecular complexity index is 971. The molecule has 7 heteroatoms. The number of aromatic nitrogens is 1. The van der Waals surface area contributed by atoms with Crippen molar-refractivity contribution < 1.29 is 19.1 Å². The minimum Gasteiger partial charge on any atom is -0.466 e. The molecule has 1 unspecified atom stereocenters. The SMILES string of the molecule is COC(=O)C1=CCC(Cc2cn(C(=O)OC(C)(C)C)c3cccc(Br)c23)N(C)C1. The number of rotatable bonds is 3. The molecule has 0 fully saturated rings. The van der Waals surface area contributed by atoms with Gasteiger partial charge in [0.2, 0.25) is 0 Å². The molecular formula is C22H27BrN2O4. The summed E-state index contributed by atoms with van der Waals surface area (Å²) >= 11 is 3.64. The molecule has 1 aromatic heterocycles. The molecule has 0 amide bonds. The normalized spacial score (nSPS) is 17.9. The number of carbonyl (C=O) groups is 2. The van der Waals surface area contributed by atoms with Crippen molar-refractivity contribution in [3.63, 3.8) is 0 Å². The number of nitrogens with zero attached hydrogens (tertiary/aromatic N) is 2. The highest BCUT2D eigenvalue weighted by Gasteiger charge is 2.27. The van der Waals surface area contributed by atoms with Gasteiger partial charge >= 0.3 is 12.1 Å². The smallest absolute Gasteiger partial charge is 0.419 e. The average molecular weight is 463 g/mol. The first kappa shape index (κ1) is 21.6. The van der Waals surface area contributed by atoms with Gasteiger partial charge in [-0.2, -0.15) is 0 Å². The first-order chi connectivity index (χ1) is 13.6. The molecule has 1 aliphatic heterocycles. The van der Waals surface area contributed by atoms with Crippen LogP contribution in [0.3, 0.4) is 0 Å². The number of likely N-dealkylation sites (N-methyl/N-ethyl adjacent to an activating group) is 1. The van der Waals surface area contributed by atoms with Gasteiger partial charge in [-0.15, -0.1) is 0 Å². The van der Waals surface area contributed by atoms with Crippen molar-refractivity contribution in [2.45, 2.75) is 45.3 Å². The summed E-state index contributed by atoms with van der Waals surface area (Å²) in [5, 5.41) is 1.01. The second kappa shape index (κ2) is 8.32. The molecule has 0 N–H and O–H groups in total. The van der Waals surface area contributed by atoms with E-state index in [-0.39, 0.29) is 12.0 Å². The summed E-state index contributed by atoms with van der Waals surface area (Å²) < 4.78 is 12.9. The van der Waals surface area contributed by atoms with Crippen LogP contribution >= 0.6 is 15.9 Å². The molecule has 156 valence electrons. The summed E-state index contributed by atoms with van der Waals surface area (Å²) in [4.78, 5) is 26.7. The number of carbonyl (C=O) groups excluding carboxylic acids is 2. The highest BCUT2D eigenvalue weighted by Crippen LogP contribution is 2.32. The van der Waals surface area contributed by atoms with E-state index in [1.54, 1.807) is 4.57 Å². The highest BCUT2D eigenvalue weighted by atomic mass is 79.9. The van der Waals surface area contributed by atoms with E-state index in [0.717, 1.165) is 33.8 Å². The zero-order valence-electron chi connectivity index (χ0n) is 17.5. The molecule has 2 heterocycles. The lowest BCUT2D eigenvalue weighted by Crippen LogP contribution is -2.39. The first-order valence-electron chi connectivity index (χ1n) is 9.60. The standard InChI is InChI=1S/C22H27BrN2O4/c1-22(2,3)29-21(27)25-13-15(19-17(23)7-6-8-18(19)25)11-16-10-9-14(12-24(16)4)20(26)28-5/h6-9,13,16H,10-12H2,1-5H3. The van der Waals surface area contributed by atoms with Gasteiger partial charge in [-0.3, -0.25) is 9.47 Å². The number of hydrogen-bond acceptors (Lipinski definition) is 5. The van der Waals surface area contributed by atoms with Crippen LogP contribution in [0.25, 0.3) is 10.9 Å². The summed E-state index contributed by atoms with van der Waals surface area (Å²) in [6.07, 6.45) is 4.92. The summed E-state index contributed by atoms with van der Waals surface area (Å²) in [7, 11) is 3.40. The van der Waals surface area contributed by atoms with E-state index in [2.05, 4.69) is 20.8 Å². The number of ether oxygens (including phenoxy) is 2.